The summed E-state index contributed by atoms with van der Waals surface area (Å²) in [5.74, 6) is -0.366. The van der Waals surface area contributed by atoms with Crippen molar-refractivity contribution in [1.29, 1.82) is 0 Å². The van der Waals surface area contributed by atoms with Crippen LogP contribution in [0, 0.1) is 0 Å². The van der Waals surface area contributed by atoms with E-state index in [0.29, 0.717) is 6.61 Å². The molecule has 0 heterocycles. The van der Waals surface area contributed by atoms with Crippen molar-refractivity contribution in [2.24, 2.45) is 5.73 Å². The van der Waals surface area contributed by atoms with Gasteiger partial charge in [-0.1, -0.05) is 131 Å². The van der Waals surface area contributed by atoms with Gasteiger partial charge in [-0.3, -0.25) is 13.8 Å². The Morgan fingerprint density at radius 3 is 1.70 bits per heavy atom. The van der Waals surface area contributed by atoms with Crippen molar-refractivity contribution >= 4 is 13.8 Å². The zero-order valence-electron chi connectivity index (χ0n) is 31.3. The van der Waals surface area contributed by atoms with Crippen LogP contribution in [0.1, 0.15) is 129 Å². The molecule has 0 aromatic heterocycles. The fourth-order valence-corrected chi connectivity index (χ4v) is 5.29. The summed E-state index contributed by atoms with van der Waals surface area (Å²) in [5, 5.41) is 0. The molecule has 286 valence electrons. The molecule has 0 aliphatic heterocycles. The van der Waals surface area contributed by atoms with Crippen molar-refractivity contribution in [3.63, 3.8) is 0 Å². The molecule has 0 rings (SSSR count). The molecule has 2 atom stereocenters. The third kappa shape index (κ3) is 36.9. The third-order valence-electron chi connectivity index (χ3n) is 7.30. The van der Waals surface area contributed by atoms with Gasteiger partial charge in [-0.2, -0.15) is 0 Å². The summed E-state index contributed by atoms with van der Waals surface area (Å²) in [6.45, 7) is 4.56. The van der Waals surface area contributed by atoms with Gasteiger partial charge in [-0.25, -0.2) is 4.57 Å². The van der Waals surface area contributed by atoms with Crippen LogP contribution < -0.4 is 5.73 Å². The quantitative estimate of drug-likeness (QED) is 0.0288. The van der Waals surface area contributed by atoms with E-state index in [9.17, 15) is 14.3 Å². The van der Waals surface area contributed by atoms with Crippen molar-refractivity contribution < 1.29 is 32.8 Å². The van der Waals surface area contributed by atoms with Gasteiger partial charge in [0.15, 0.2) is 0 Å². The monoisotopic (exact) mass is 719 g/mol. The summed E-state index contributed by atoms with van der Waals surface area (Å²) in [4.78, 5) is 22.3. The molecule has 0 saturated carbocycles. The van der Waals surface area contributed by atoms with Gasteiger partial charge in [0.2, 0.25) is 0 Å². The largest absolute Gasteiger partial charge is 0.472 e. The molecule has 3 N–H and O–H groups in total. The number of carbonyl (C=O) groups excluding carboxylic acids is 1. The molecule has 0 fully saturated rings. The summed E-state index contributed by atoms with van der Waals surface area (Å²) in [5.41, 5.74) is 5.34. The molecular formula is C41H70NO7P. The van der Waals surface area contributed by atoms with E-state index >= 15 is 0 Å². The first-order valence-corrected chi connectivity index (χ1v) is 20.6. The van der Waals surface area contributed by atoms with Crippen LogP contribution in [0.25, 0.3) is 0 Å². The zero-order valence-corrected chi connectivity index (χ0v) is 32.2. The van der Waals surface area contributed by atoms with Gasteiger partial charge in [-0.05, 0) is 77.0 Å². The van der Waals surface area contributed by atoms with E-state index in [-0.39, 0.29) is 38.8 Å². The second-order valence-corrected chi connectivity index (χ2v) is 13.5. The highest BCUT2D eigenvalue weighted by Gasteiger charge is 2.25. The summed E-state index contributed by atoms with van der Waals surface area (Å²) in [7, 11) is -4.29. The van der Waals surface area contributed by atoms with Crippen molar-refractivity contribution in [3.8, 4) is 0 Å². The summed E-state index contributed by atoms with van der Waals surface area (Å²) < 4.78 is 33.2. The van der Waals surface area contributed by atoms with Crippen LogP contribution in [0.15, 0.2) is 85.1 Å². The fourth-order valence-electron chi connectivity index (χ4n) is 4.52. The maximum absolute atomic E-state index is 12.5. The van der Waals surface area contributed by atoms with Crippen LogP contribution in [0.3, 0.4) is 0 Å². The van der Waals surface area contributed by atoms with Gasteiger partial charge < -0.3 is 20.1 Å². The number of nitrogens with two attached hydrogens (primary N) is 1. The lowest BCUT2D eigenvalue weighted by molar-refractivity contribution is -0.154. The van der Waals surface area contributed by atoms with E-state index in [1.807, 2.05) is 0 Å². The molecule has 9 heteroatoms. The maximum Gasteiger partial charge on any atom is 0.472 e. The Bertz CT molecular complexity index is 1030. The lowest BCUT2D eigenvalue weighted by Gasteiger charge is -2.20. The average molecular weight is 720 g/mol. The van der Waals surface area contributed by atoms with Crippen molar-refractivity contribution in [2.75, 3.05) is 33.0 Å². The van der Waals surface area contributed by atoms with Crippen LogP contribution in [-0.2, 0) is 27.9 Å². The van der Waals surface area contributed by atoms with Gasteiger partial charge in [0.05, 0.1) is 19.8 Å². The maximum atomic E-state index is 12.5. The molecule has 2 unspecified atom stereocenters. The second kappa shape index (κ2) is 37.9. The predicted octanol–water partition coefficient (Wildman–Crippen LogP) is 11.0. The molecule has 0 aliphatic rings. The Kier molecular flexibility index (Phi) is 36.2. The number of allylic oxidation sites excluding steroid dienone is 14. The molecule has 0 saturated heterocycles. The number of hydrogen-bond donors (Lipinski definition) is 2. The van der Waals surface area contributed by atoms with Crippen LogP contribution >= 0.6 is 7.82 Å². The normalized spacial score (nSPS) is 14.6. The minimum Gasteiger partial charge on any atom is -0.457 e. The van der Waals surface area contributed by atoms with E-state index in [1.54, 1.807) is 0 Å². The summed E-state index contributed by atoms with van der Waals surface area (Å²) >= 11 is 0. The smallest absolute Gasteiger partial charge is 0.457 e. The van der Waals surface area contributed by atoms with Gasteiger partial charge in [0.25, 0.3) is 0 Å². The Balaban J connectivity index is 4.22. The standard InChI is InChI=1S/C41H70NO7P/c1-3-5-7-9-11-13-15-16-17-18-19-20-21-22-23-25-27-29-31-33-36-46-38-40(39-48-50(44,45)47-37-35-42)49-41(43)34-32-30-28-26-24-14-12-10-8-6-4-2/h5,7,10-13,16-17,19-20,22-23,27,29,40H,3-4,6,8-9,14-15,18,21,24-26,28,30-39,42H2,1-2H3,(H,44,45)/b7-5-,12-10-,13-11-,17-16-,20-19-,23-22-,29-27-. The van der Waals surface area contributed by atoms with Gasteiger partial charge >= 0.3 is 13.8 Å². The Hall–Kier alpha value is -2.32. The first kappa shape index (κ1) is 47.7. The van der Waals surface area contributed by atoms with Crippen LogP contribution in [-0.4, -0.2) is 49.9 Å². The number of hydrogen-bond acceptors (Lipinski definition) is 7. The van der Waals surface area contributed by atoms with E-state index in [0.717, 1.165) is 96.3 Å². The Morgan fingerprint density at radius 2 is 1.12 bits per heavy atom. The fraction of sp³-hybridized carbons (Fsp3) is 0.634. The molecule has 0 bridgehead atoms. The average Bonchev–Trinajstić information content (AvgIpc) is 3.10. The molecule has 0 amide bonds. The van der Waals surface area contributed by atoms with Crippen LogP contribution in [0.4, 0.5) is 0 Å². The lowest BCUT2D eigenvalue weighted by Crippen LogP contribution is -2.28. The van der Waals surface area contributed by atoms with Crippen molar-refractivity contribution in [2.45, 2.75) is 136 Å². The Labute approximate surface area is 305 Å². The number of rotatable bonds is 35. The molecule has 8 nitrogen and oxygen atoms in total. The third-order valence-corrected chi connectivity index (χ3v) is 8.28. The molecule has 0 aromatic carbocycles. The number of esters is 1. The van der Waals surface area contributed by atoms with Crippen molar-refractivity contribution in [1.82, 2.24) is 0 Å². The lowest BCUT2D eigenvalue weighted by atomic mass is 10.1. The second-order valence-electron chi connectivity index (χ2n) is 12.1. The number of unbranched alkanes of at least 4 members (excludes halogenated alkanes) is 8. The highest BCUT2D eigenvalue weighted by molar-refractivity contribution is 7.47. The Morgan fingerprint density at radius 1 is 0.620 bits per heavy atom. The van der Waals surface area contributed by atoms with Gasteiger partial charge in [-0.15, -0.1) is 0 Å². The SMILES string of the molecule is CC/C=C\C/C=C\C/C=C\C/C=C\C/C=C\C/C=C\CCCOCC(COP(=O)(O)OCCN)OC(=O)CCCCCCC/C=C\CCCC. The number of carbonyl (C=O) groups is 1. The first-order valence-electron chi connectivity index (χ1n) is 19.1. The van der Waals surface area contributed by atoms with E-state index in [2.05, 4.69) is 98.9 Å². The van der Waals surface area contributed by atoms with Gasteiger partial charge in [0, 0.05) is 19.6 Å². The number of ether oxygens (including phenoxy) is 2. The number of phosphoric acid groups is 1. The molecule has 0 spiro atoms. The first-order chi connectivity index (χ1) is 24.4. The highest BCUT2D eigenvalue weighted by Crippen LogP contribution is 2.43. The molecule has 50 heavy (non-hydrogen) atoms. The minimum atomic E-state index is -4.29. The van der Waals surface area contributed by atoms with E-state index < -0.39 is 13.9 Å². The molecule has 0 aliphatic carbocycles. The topological polar surface area (TPSA) is 117 Å². The predicted molar refractivity (Wildman–Crippen MR) is 210 cm³/mol. The summed E-state index contributed by atoms with van der Waals surface area (Å²) in [6, 6.07) is 0. The van der Waals surface area contributed by atoms with E-state index in [1.165, 1.54) is 12.8 Å². The zero-order chi connectivity index (χ0) is 36.6. The molecule has 0 aromatic rings. The number of phosphoric ester groups is 1. The minimum absolute atomic E-state index is 0.0676. The van der Waals surface area contributed by atoms with Crippen molar-refractivity contribution in [3.05, 3.63) is 85.1 Å². The van der Waals surface area contributed by atoms with Gasteiger partial charge in [0.1, 0.15) is 6.10 Å². The molecular weight excluding hydrogens is 649 g/mol. The van der Waals surface area contributed by atoms with E-state index in [4.69, 9.17) is 24.3 Å². The van der Waals surface area contributed by atoms with Crippen LogP contribution in [0.2, 0.25) is 0 Å². The highest BCUT2D eigenvalue weighted by atomic mass is 31.2. The van der Waals surface area contributed by atoms with Crippen LogP contribution in [0.5, 0.6) is 0 Å². The summed E-state index contributed by atoms with van der Waals surface area (Å²) in [6.07, 6.45) is 47.6. The molecule has 0 radical (unpaired) electrons.